The predicted octanol–water partition coefficient (Wildman–Crippen LogP) is 3.19. The number of rotatable bonds is 4. The third-order valence-corrected chi connectivity index (χ3v) is 4.71. The summed E-state index contributed by atoms with van der Waals surface area (Å²) in [6, 6.07) is 0. The molecule has 1 aliphatic heterocycles. The van der Waals surface area contributed by atoms with E-state index in [2.05, 4.69) is 37.9 Å². The number of nitrogens with zero attached hydrogens (tertiary/aromatic N) is 3. The maximum absolute atomic E-state index is 4.90. The number of nitrogens with one attached hydrogen (secondary N) is 1. The molecule has 2 fully saturated rings. The first-order chi connectivity index (χ1) is 9.60. The fraction of sp³-hybridized carbons (Fsp3) is 0.750. The van der Waals surface area contributed by atoms with Crippen molar-refractivity contribution < 1.29 is 0 Å². The van der Waals surface area contributed by atoms with E-state index in [0.29, 0.717) is 5.92 Å². The Morgan fingerprint density at radius 1 is 1.15 bits per heavy atom. The standard InChI is InChI=1S/C16H26N4/c1-5-17-14-12(4)16(19-15(18-14)13-6-7-13)20-8-10(2)11(3)9-20/h10-11,13H,5-9H2,1-4H3,(H,17,18,19). The van der Waals surface area contributed by atoms with Crippen molar-refractivity contribution in [3.05, 3.63) is 11.4 Å². The van der Waals surface area contributed by atoms with Crippen molar-refractivity contribution in [2.45, 2.75) is 46.5 Å². The SMILES string of the molecule is CCNc1nc(C2CC2)nc(N2CC(C)C(C)C2)c1C. The van der Waals surface area contributed by atoms with Gasteiger partial charge in [-0.1, -0.05) is 13.8 Å². The first kappa shape index (κ1) is 13.7. The smallest absolute Gasteiger partial charge is 0.137 e. The van der Waals surface area contributed by atoms with Crippen molar-refractivity contribution >= 4 is 11.6 Å². The topological polar surface area (TPSA) is 41.1 Å². The van der Waals surface area contributed by atoms with Crippen LogP contribution in [0.3, 0.4) is 0 Å². The molecule has 2 heterocycles. The van der Waals surface area contributed by atoms with Crippen LogP contribution in [-0.2, 0) is 0 Å². The molecule has 0 amide bonds. The van der Waals surface area contributed by atoms with Crippen LogP contribution in [0.25, 0.3) is 0 Å². The van der Waals surface area contributed by atoms with Crippen molar-refractivity contribution in [2.24, 2.45) is 11.8 Å². The van der Waals surface area contributed by atoms with E-state index in [1.165, 1.54) is 18.4 Å². The molecule has 1 saturated heterocycles. The van der Waals surface area contributed by atoms with Gasteiger partial charge in [-0.15, -0.1) is 0 Å². The summed E-state index contributed by atoms with van der Waals surface area (Å²) >= 11 is 0. The normalized spacial score (nSPS) is 26.1. The lowest BCUT2D eigenvalue weighted by atomic mass is 10.0. The van der Waals surface area contributed by atoms with Gasteiger partial charge in [0, 0.05) is 31.1 Å². The summed E-state index contributed by atoms with van der Waals surface area (Å²) in [6.45, 7) is 12.1. The fourth-order valence-electron chi connectivity index (χ4n) is 3.00. The minimum absolute atomic E-state index is 0.601. The highest BCUT2D eigenvalue weighted by molar-refractivity contribution is 5.59. The van der Waals surface area contributed by atoms with Crippen molar-refractivity contribution in [3.63, 3.8) is 0 Å². The average Bonchev–Trinajstić information content (AvgIpc) is 3.20. The first-order valence-electron chi connectivity index (χ1n) is 7.97. The monoisotopic (exact) mass is 274 g/mol. The van der Waals surface area contributed by atoms with E-state index in [1.54, 1.807) is 0 Å². The average molecular weight is 274 g/mol. The molecule has 3 rings (SSSR count). The minimum atomic E-state index is 0.601. The lowest BCUT2D eigenvalue weighted by molar-refractivity contribution is 0.494. The lowest BCUT2D eigenvalue weighted by Gasteiger charge is -2.22. The number of hydrogen-bond acceptors (Lipinski definition) is 4. The van der Waals surface area contributed by atoms with Crippen LogP contribution in [0.5, 0.6) is 0 Å². The Hall–Kier alpha value is -1.32. The van der Waals surface area contributed by atoms with Crippen LogP contribution >= 0.6 is 0 Å². The van der Waals surface area contributed by atoms with Gasteiger partial charge in [0.25, 0.3) is 0 Å². The second-order valence-corrected chi connectivity index (χ2v) is 6.54. The van der Waals surface area contributed by atoms with Gasteiger partial charge in [-0.25, -0.2) is 9.97 Å². The van der Waals surface area contributed by atoms with E-state index in [1.807, 2.05) is 0 Å². The first-order valence-corrected chi connectivity index (χ1v) is 7.97. The van der Waals surface area contributed by atoms with Crippen LogP contribution in [-0.4, -0.2) is 29.6 Å². The maximum Gasteiger partial charge on any atom is 0.137 e. The number of anilines is 2. The molecule has 1 saturated carbocycles. The van der Waals surface area contributed by atoms with Gasteiger partial charge in [0.15, 0.2) is 0 Å². The molecule has 110 valence electrons. The highest BCUT2D eigenvalue weighted by Crippen LogP contribution is 2.40. The second-order valence-electron chi connectivity index (χ2n) is 6.54. The molecule has 2 atom stereocenters. The summed E-state index contributed by atoms with van der Waals surface area (Å²) in [5, 5.41) is 3.41. The van der Waals surface area contributed by atoms with Gasteiger partial charge in [-0.05, 0) is 38.5 Å². The summed E-state index contributed by atoms with van der Waals surface area (Å²) in [5.41, 5.74) is 1.21. The highest BCUT2D eigenvalue weighted by Gasteiger charge is 2.32. The summed E-state index contributed by atoms with van der Waals surface area (Å²) in [5.74, 6) is 5.34. The molecule has 0 spiro atoms. The van der Waals surface area contributed by atoms with Gasteiger partial charge in [0.2, 0.25) is 0 Å². The fourth-order valence-corrected chi connectivity index (χ4v) is 3.00. The van der Waals surface area contributed by atoms with E-state index in [4.69, 9.17) is 9.97 Å². The van der Waals surface area contributed by atoms with Crippen LogP contribution < -0.4 is 10.2 Å². The quantitative estimate of drug-likeness (QED) is 0.915. The van der Waals surface area contributed by atoms with Crippen molar-refractivity contribution in [3.8, 4) is 0 Å². The van der Waals surface area contributed by atoms with Gasteiger partial charge in [0.05, 0.1) is 0 Å². The molecule has 1 aliphatic carbocycles. The molecule has 20 heavy (non-hydrogen) atoms. The zero-order valence-corrected chi connectivity index (χ0v) is 13.1. The Bertz CT molecular complexity index is 485. The van der Waals surface area contributed by atoms with Crippen LogP contribution in [0.15, 0.2) is 0 Å². The zero-order chi connectivity index (χ0) is 14.3. The van der Waals surface area contributed by atoms with Crippen molar-refractivity contribution in [1.82, 2.24) is 9.97 Å². The molecule has 0 bridgehead atoms. The third kappa shape index (κ3) is 2.48. The molecular formula is C16H26N4. The number of hydrogen-bond donors (Lipinski definition) is 1. The van der Waals surface area contributed by atoms with Crippen LogP contribution in [0.4, 0.5) is 11.6 Å². The molecule has 0 radical (unpaired) electrons. The van der Waals surface area contributed by atoms with E-state index >= 15 is 0 Å². The highest BCUT2D eigenvalue weighted by atomic mass is 15.2. The van der Waals surface area contributed by atoms with Gasteiger partial charge in [-0.3, -0.25) is 0 Å². The number of aromatic nitrogens is 2. The van der Waals surface area contributed by atoms with Crippen LogP contribution in [0.2, 0.25) is 0 Å². The molecular weight excluding hydrogens is 248 g/mol. The van der Waals surface area contributed by atoms with Gasteiger partial charge >= 0.3 is 0 Å². The molecule has 2 aliphatic rings. The molecule has 1 aromatic heterocycles. The summed E-state index contributed by atoms with van der Waals surface area (Å²) in [7, 11) is 0. The molecule has 0 aromatic carbocycles. The third-order valence-electron chi connectivity index (χ3n) is 4.71. The second kappa shape index (κ2) is 5.23. The van der Waals surface area contributed by atoms with Crippen LogP contribution in [0, 0.1) is 18.8 Å². The Kier molecular flexibility index (Phi) is 3.57. The van der Waals surface area contributed by atoms with E-state index in [-0.39, 0.29) is 0 Å². The summed E-state index contributed by atoms with van der Waals surface area (Å²) in [6.07, 6.45) is 2.50. The maximum atomic E-state index is 4.90. The Labute approximate surface area is 122 Å². The van der Waals surface area contributed by atoms with Crippen molar-refractivity contribution in [1.29, 1.82) is 0 Å². The summed E-state index contributed by atoms with van der Waals surface area (Å²) in [4.78, 5) is 12.1. The van der Waals surface area contributed by atoms with Gasteiger partial charge in [0.1, 0.15) is 17.5 Å². The zero-order valence-electron chi connectivity index (χ0n) is 13.1. The van der Waals surface area contributed by atoms with Gasteiger partial charge in [-0.2, -0.15) is 0 Å². The predicted molar refractivity (Wildman–Crippen MR) is 83.4 cm³/mol. The van der Waals surface area contributed by atoms with Gasteiger partial charge < -0.3 is 10.2 Å². The Morgan fingerprint density at radius 2 is 1.80 bits per heavy atom. The lowest BCUT2D eigenvalue weighted by Crippen LogP contribution is -2.23. The molecule has 4 nitrogen and oxygen atoms in total. The molecule has 1 N–H and O–H groups in total. The molecule has 1 aromatic rings. The van der Waals surface area contributed by atoms with E-state index in [9.17, 15) is 0 Å². The van der Waals surface area contributed by atoms with E-state index < -0.39 is 0 Å². The van der Waals surface area contributed by atoms with Crippen molar-refractivity contribution in [2.75, 3.05) is 29.9 Å². The molecule has 2 unspecified atom stereocenters. The molecule has 4 heteroatoms. The van der Waals surface area contributed by atoms with Crippen LogP contribution in [0.1, 0.15) is 50.9 Å². The Balaban J connectivity index is 1.95. The Morgan fingerprint density at radius 3 is 2.35 bits per heavy atom. The minimum Gasteiger partial charge on any atom is -0.370 e. The largest absolute Gasteiger partial charge is 0.370 e. The summed E-state index contributed by atoms with van der Waals surface area (Å²) < 4.78 is 0. The van der Waals surface area contributed by atoms with E-state index in [0.717, 1.165) is 48.9 Å².